The molecule has 0 spiro atoms. The van der Waals surface area contributed by atoms with Gasteiger partial charge in [-0.15, -0.1) is 0 Å². The summed E-state index contributed by atoms with van der Waals surface area (Å²) in [5.74, 6) is 0.0298. The molecule has 0 radical (unpaired) electrons. The van der Waals surface area contributed by atoms with Crippen LogP contribution in [0.3, 0.4) is 0 Å². The van der Waals surface area contributed by atoms with Crippen LogP contribution in [0.5, 0.6) is 0 Å². The minimum atomic E-state index is -2.61. The topological polar surface area (TPSA) is 17.1 Å². The summed E-state index contributed by atoms with van der Waals surface area (Å²) >= 11 is 6.31. The van der Waals surface area contributed by atoms with Gasteiger partial charge in [0.15, 0.2) is 5.78 Å². The molecule has 0 saturated heterocycles. The van der Waals surface area contributed by atoms with Crippen molar-refractivity contribution < 1.29 is 4.79 Å². The molecule has 5 rings (SSSR count). The summed E-state index contributed by atoms with van der Waals surface area (Å²) in [6, 6.07) is 47.0. The molecule has 0 N–H and O–H groups in total. The van der Waals surface area contributed by atoms with Gasteiger partial charge in [0.2, 0.25) is 0 Å². The van der Waals surface area contributed by atoms with Crippen molar-refractivity contribution in [3.05, 3.63) is 161 Å². The molecule has 0 aliphatic heterocycles. The zero-order chi connectivity index (χ0) is 25.0. The van der Waals surface area contributed by atoms with E-state index in [4.69, 9.17) is 11.6 Å². The van der Waals surface area contributed by atoms with E-state index in [1.807, 2.05) is 73.7 Å². The zero-order valence-corrected chi connectivity index (χ0v) is 21.7. The van der Waals surface area contributed by atoms with Gasteiger partial charge in [-0.25, -0.2) is 0 Å². The summed E-state index contributed by atoms with van der Waals surface area (Å²) in [5, 5.41) is 4.84. The maximum Gasteiger partial charge on any atom is 0.194 e. The van der Waals surface area contributed by atoms with Gasteiger partial charge in [0.1, 0.15) is 0 Å². The number of halogens is 1. The van der Waals surface area contributed by atoms with Crippen LogP contribution in [0.2, 0.25) is 5.02 Å². The van der Waals surface area contributed by atoms with Crippen molar-refractivity contribution in [2.24, 2.45) is 0 Å². The van der Waals surface area contributed by atoms with Gasteiger partial charge < -0.3 is 0 Å². The number of aryl methyl sites for hydroxylation is 1. The van der Waals surface area contributed by atoms with E-state index in [0.29, 0.717) is 10.6 Å². The van der Waals surface area contributed by atoms with Crippen LogP contribution in [-0.4, -0.2) is 11.1 Å². The Kier molecular flexibility index (Phi) is 7.05. The molecular formula is C33H26ClOP. The average Bonchev–Trinajstić information content (AvgIpc) is 2.94. The second kappa shape index (κ2) is 10.5. The lowest BCUT2D eigenvalue weighted by molar-refractivity contribution is 0.106. The summed E-state index contributed by atoms with van der Waals surface area (Å²) in [6.07, 6.45) is 0. The number of ketones is 1. The minimum absolute atomic E-state index is 0.0298. The van der Waals surface area contributed by atoms with E-state index in [0.717, 1.165) is 32.3 Å². The molecule has 0 atom stereocenters. The van der Waals surface area contributed by atoms with E-state index in [1.165, 1.54) is 0 Å². The summed E-state index contributed by atoms with van der Waals surface area (Å²) in [7, 11) is 0. The van der Waals surface area contributed by atoms with Gasteiger partial charge in [0.25, 0.3) is 0 Å². The minimum Gasteiger partial charge on any atom is -0.289 e. The lowest BCUT2D eigenvalue weighted by atomic mass is 10.0. The van der Waals surface area contributed by atoms with E-state index in [9.17, 15) is 4.79 Å². The normalized spacial score (nSPS) is 11.2. The number of hydrogen-bond donors (Lipinski definition) is 0. The molecule has 1 nitrogen and oxygen atoms in total. The first-order valence-corrected chi connectivity index (χ1v) is 14.1. The number of carbonyl (C=O) groups is 1. The summed E-state index contributed by atoms with van der Waals surface area (Å²) in [6.45, 7) is -0.575. The van der Waals surface area contributed by atoms with Crippen molar-refractivity contribution in [1.29, 1.82) is 0 Å². The standard InChI is InChI=1S/C33H26ClOP/c1-25-17-19-26(20-18-25)32(35)33(27-21-23-28(34)24-22-27)36(29-11-5-2-6-12-29,30-13-7-3-8-14-30)31-15-9-4-10-16-31/h2-24H,1H3. The highest BCUT2D eigenvalue weighted by atomic mass is 35.5. The second-order valence-electron chi connectivity index (χ2n) is 8.73. The SMILES string of the molecule is Cc1ccc(C(=O)C(c2ccc(Cl)cc2)=P(c2ccccc2)(c2ccccc2)c2ccccc2)cc1. The maximum atomic E-state index is 14.7. The van der Waals surface area contributed by atoms with Crippen LogP contribution >= 0.6 is 18.5 Å². The number of benzene rings is 5. The van der Waals surface area contributed by atoms with E-state index in [-0.39, 0.29) is 5.78 Å². The van der Waals surface area contributed by atoms with Gasteiger partial charge >= 0.3 is 0 Å². The van der Waals surface area contributed by atoms with E-state index < -0.39 is 6.89 Å². The quantitative estimate of drug-likeness (QED) is 0.179. The first-order chi connectivity index (χ1) is 17.6. The average molecular weight is 505 g/mol. The molecule has 0 aromatic heterocycles. The predicted octanol–water partition coefficient (Wildman–Crippen LogP) is 7.05. The molecule has 3 heteroatoms. The first-order valence-electron chi connectivity index (χ1n) is 11.9. The Bertz CT molecular complexity index is 1420. The molecule has 0 unspecified atom stereocenters. The Balaban J connectivity index is 2.04. The monoisotopic (exact) mass is 504 g/mol. The smallest absolute Gasteiger partial charge is 0.194 e. The predicted molar refractivity (Wildman–Crippen MR) is 156 cm³/mol. The van der Waals surface area contributed by atoms with Crippen molar-refractivity contribution in [2.45, 2.75) is 6.92 Å². The zero-order valence-electron chi connectivity index (χ0n) is 20.0. The molecule has 0 aliphatic rings. The van der Waals surface area contributed by atoms with Gasteiger partial charge in [-0.2, -0.15) is 0 Å². The third-order valence-electron chi connectivity index (χ3n) is 6.41. The Morgan fingerprint density at radius 3 is 1.33 bits per heavy atom. The number of hydrogen-bond acceptors (Lipinski definition) is 1. The van der Waals surface area contributed by atoms with E-state index >= 15 is 0 Å². The van der Waals surface area contributed by atoms with E-state index in [1.54, 1.807) is 0 Å². The summed E-state index contributed by atoms with van der Waals surface area (Å²) < 4.78 is 0. The number of rotatable bonds is 6. The third kappa shape index (κ3) is 4.49. The van der Waals surface area contributed by atoms with Crippen LogP contribution in [0.1, 0.15) is 21.5 Å². The Morgan fingerprint density at radius 1 is 0.528 bits per heavy atom. The molecule has 176 valence electrons. The molecule has 0 amide bonds. The summed E-state index contributed by atoms with van der Waals surface area (Å²) in [4.78, 5) is 14.7. The van der Waals surface area contributed by atoms with Crippen molar-refractivity contribution in [2.75, 3.05) is 0 Å². The van der Waals surface area contributed by atoms with Crippen molar-refractivity contribution in [1.82, 2.24) is 0 Å². The molecule has 0 fully saturated rings. The number of carbonyl (C=O) groups excluding carboxylic acids is 1. The van der Waals surface area contributed by atoms with Gasteiger partial charge in [0, 0.05) is 15.9 Å². The molecule has 0 heterocycles. The fraction of sp³-hybridized carbons (Fsp3) is 0.0303. The van der Waals surface area contributed by atoms with Gasteiger partial charge in [-0.05, 0) is 47.4 Å². The molecule has 0 saturated carbocycles. The highest BCUT2D eigenvalue weighted by Crippen LogP contribution is 2.48. The first kappa shape index (κ1) is 24.1. The van der Waals surface area contributed by atoms with Crippen LogP contribution in [0, 0.1) is 6.92 Å². The van der Waals surface area contributed by atoms with Crippen molar-refractivity contribution in [3.63, 3.8) is 0 Å². The molecule has 36 heavy (non-hydrogen) atoms. The van der Waals surface area contributed by atoms with Gasteiger partial charge in [0.05, 0.1) is 0 Å². The Hall–Kier alpha value is -3.64. The lowest BCUT2D eigenvalue weighted by Crippen LogP contribution is -2.34. The van der Waals surface area contributed by atoms with Gasteiger partial charge in [-0.3, -0.25) is 4.79 Å². The molecule has 0 bridgehead atoms. The maximum absolute atomic E-state index is 14.7. The van der Waals surface area contributed by atoms with Crippen LogP contribution < -0.4 is 15.9 Å². The molecule has 5 aromatic carbocycles. The van der Waals surface area contributed by atoms with E-state index in [2.05, 4.69) is 72.8 Å². The van der Waals surface area contributed by atoms with Crippen LogP contribution in [-0.2, 0) is 0 Å². The lowest BCUT2D eigenvalue weighted by Gasteiger charge is -2.32. The van der Waals surface area contributed by atoms with Crippen molar-refractivity contribution >= 4 is 45.5 Å². The van der Waals surface area contributed by atoms with Gasteiger partial charge in [-0.1, -0.05) is 145 Å². The van der Waals surface area contributed by atoms with Crippen molar-refractivity contribution in [3.8, 4) is 0 Å². The molecular weight excluding hydrogens is 479 g/mol. The fourth-order valence-corrected chi connectivity index (χ4v) is 9.34. The van der Waals surface area contributed by atoms with Crippen LogP contribution in [0.4, 0.5) is 0 Å². The largest absolute Gasteiger partial charge is 0.289 e. The highest BCUT2D eigenvalue weighted by molar-refractivity contribution is 7.97. The molecule has 0 aliphatic carbocycles. The number of Topliss-reactive ketones (excluding diaryl/α,β-unsaturated/α-hetero) is 1. The highest BCUT2D eigenvalue weighted by Gasteiger charge is 2.34. The third-order valence-corrected chi connectivity index (χ3v) is 11.0. The molecule has 5 aromatic rings. The second-order valence-corrected chi connectivity index (χ2v) is 12.5. The van der Waals surface area contributed by atoms with Crippen LogP contribution in [0.15, 0.2) is 140 Å². The summed E-state index contributed by atoms with van der Waals surface area (Å²) in [5.41, 5.74) is 2.68. The Labute approximate surface area is 218 Å². The van der Waals surface area contributed by atoms with Crippen LogP contribution in [0.25, 0.3) is 0 Å². The Morgan fingerprint density at radius 2 is 0.917 bits per heavy atom. The fourth-order valence-electron chi connectivity index (χ4n) is 4.72.